The number of anilines is 1. The Hall–Kier alpha value is -4.22. The van der Waals surface area contributed by atoms with Crippen LogP contribution in [0.5, 0.6) is 0 Å². The van der Waals surface area contributed by atoms with Gasteiger partial charge in [-0.3, -0.25) is 14.4 Å². The minimum absolute atomic E-state index is 0.121. The fraction of sp³-hybridized carbons (Fsp3) is 0.0690. The van der Waals surface area contributed by atoms with Gasteiger partial charge < -0.3 is 10.2 Å². The van der Waals surface area contributed by atoms with Crippen LogP contribution in [0.2, 0.25) is 5.02 Å². The maximum atomic E-state index is 13.8. The van der Waals surface area contributed by atoms with Crippen molar-refractivity contribution in [3.05, 3.63) is 136 Å². The molecule has 0 radical (unpaired) electrons. The zero-order chi connectivity index (χ0) is 24.4. The van der Waals surface area contributed by atoms with E-state index in [1.165, 1.54) is 0 Å². The molecule has 5 rings (SSSR count). The van der Waals surface area contributed by atoms with Gasteiger partial charge in [0.2, 0.25) is 5.91 Å². The number of rotatable bonds is 4. The van der Waals surface area contributed by atoms with Crippen LogP contribution in [0.3, 0.4) is 0 Å². The lowest BCUT2D eigenvalue weighted by Crippen LogP contribution is -2.39. The summed E-state index contributed by atoms with van der Waals surface area (Å²) >= 11 is 6.31. The first-order chi connectivity index (χ1) is 17.0. The van der Waals surface area contributed by atoms with E-state index in [4.69, 9.17) is 11.6 Å². The van der Waals surface area contributed by atoms with E-state index in [2.05, 4.69) is 5.32 Å². The van der Waals surface area contributed by atoms with Gasteiger partial charge in [0.25, 0.3) is 5.91 Å². The topological polar surface area (TPSA) is 66.5 Å². The Morgan fingerprint density at radius 3 is 2.06 bits per heavy atom. The first-order valence-corrected chi connectivity index (χ1v) is 11.5. The lowest BCUT2D eigenvalue weighted by molar-refractivity contribution is -0.117. The summed E-state index contributed by atoms with van der Waals surface area (Å²) in [6.45, 7) is -0.130. The van der Waals surface area contributed by atoms with Gasteiger partial charge in [0.15, 0.2) is 5.78 Å². The Morgan fingerprint density at radius 2 is 1.37 bits per heavy atom. The first kappa shape index (κ1) is 22.6. The van der Waals surface area contributed by atoms with Crippen molar-refractivity contribution in [2.75, 3.05) is 11.9 Å². The Bertz CT molecular complexity index is 1400. The third-order valence-corrected chi connectivity index (χ3v) is 6.25. The molecule has 0 saturated carbocycles. The maximum absolute atomic E-state index is 13.8. The molecule has 6 heteroatoms. The van der Waals surface area contributed by atoms with Gasteiger partial charge in [-0.25, -0.2) is 0 Å². The average Bonchev–Trinajstić information content (AvgIpc) is 3.04. The number of fused-ring (bicyclic) bond motifs is 1. The number of ketones is 1. The van der Waals surface area contributed by atoms with Crippen molar-refractivity contribution in [1.29, 1.82) is 0 Å². The summed E-state index contributed by atoms with van der Waals surface area (Å²) < 4.78 is 0. The lowest BCUT2D eigenvalue weighted by Gasteiger charge is -2.30. The predicted octanol–water partition coefficient (Wildman–Crippen LogP) is 5.75. The molecule has 0 bridgehead atoms. The maximum Gasteiger partial charge on any atom is 0.255 e. The summed E-state index contributed by atoms with van der Waals surface area (Å²) in [6, 6.07) is 29.8. The van der Waals surface area contributed by atoms with E-state index >= 15 is 0 Å². The Balaban J connectivity index is 1.53. The van der Waals surface area contributed by atoms with Crippen LogP contribution in [-0.2, 0) is 4.79 Å². The van der Waals surface area contributed by atoms with E-state index < -0.39 is 6.04 Å². The number of nitrogens with one attached hydrogen (secondary N) is 1. The summed E-state index contributed by atoms with van der Waals surface area (Å²) in [5, 5.41) is 3.40. The monoisotopic (exact) mass is 480 g/mol. The smallest absolute Gasteiger partial charge is 0.255 e. The fourth-order valence-electron chi connectivity index (χ4n) is 4.35. The van der Waals surface area contributed by atoms with Gasteiger partial charge in [-0.15, -0.1) is 0 Å². The Kier molecular flexibility index (Phi) is 6.17. The molecule has 1 atom stereocenters. The van der Waals surface area contributed by atoms with Gasteiger partial charge in [-0.2, -0.15) is 0 Å². The van der Waals surface area contributed by atoms with Gasteiger partial charge in [-0.1, -0.05) is 84.4 Å². The van der Waals surface area contributed by atoms with Gasteiger partial charge in [-0.05, 0) is 35.9 Å². The van der Waals surface area contributed by atoms with Crippen LogP contribution in [-0.4, -0.2) is 29.0 Å². The number of hydrogen-bond donors (Lipinski definition) is 1. The highest BCUT2D eigenvalue weighted by atomic mass is 35.5. The van der Waals surface area contributed by atoms with Crippen molar-refractivity contribution in [3.63, 3.8) is 0 Å². The number of carbonyl (C=O) groups is 3. The van der Waals surface area contributed by atoms with Crippen molar-refractivity contribution >= 4 is 34.9 Å². The second kappa shape index (κ2) is 9.57. The highest BCUT2D eigenvalue weighted by molar-refractivity contribution is 6.30. The van der Waals surface area contributed by atoms with Gasteiger partial charge in [0.1, 0.15) is 6.54 Å². The molecule has 0 aromatic heterocycles. The minimum Gasteiger partial charge on any atom is -0.324 e. The highest BCUT2D eigenvalue weighted by Crippen LogP contribution is 2.38. The second-order valence-corrected chi connectivity index (χ2v) is 8.73. The largest absolute Gasteiger partial charge is 0.324 e. The molecule has 0 fully saturated rings. The van der Waals surface area contributed by atoms with Crippen LogP contribution in [0.25, 0.3) is 0 Å². The molecule has 0 aliphatic carbocycles. The third-order valence-electron chi connectivity index (χ3n) is 6.01. The number of carbonyl (C=O) groups excluding carboxylic acids is 3. The van der Waals surface area contributed by atoms with Crippen molar-refractivity contribution in [2.24, 2.45) is 0 Å². The molecule has 1 unspecified atom stereocenters. The summed E-state index contributed by atoms with van der Waals surface area (Å²) in [7, 11) is 0. The van der Waals surface area contributed by atoms with E-state index in [1.807, 2.05) is 48.5 Å². The molecule has 2 amide bonds. The first-order valence-electron chi connectivity index (χ1n) is 11.2. The van der Waals surface area contributed by atoms with E-state index in [1.54, 1.807) is 59.5 Å². The van der Waals surface area contributed by atoms with Crippen molar-refractivity contribution in [1.82, 2.24) is 4.90 Å². The zero-order valence-electron chi connectivity index (χ0n) is 18.6. The van der Waals surface area contributed by atoms with Crippen molar-refractivity contribution in [3.8, 4) is 0 Å². The van der Waals surface area contributed by atoms with Crippen LogP contribution in [0, 0.1) is 0 Å². The van der Waals surface area contributed by atoms with E-state index in [-0.39, 0.29) is 24.1 Å². The zero-order valence-corrected chi connectivity index (χ0v) is 19.4. The van der Waals surface area contributed by atoms with Crippen molar-refractivity contribution < 1.29 is 14.4 Å². The number of halogens is 1. The quantitative estimate of drug-likeness (QED) is 0.378. The molecule has 1 N–H and O–H groups in total. The predicted molar refractivity (Wildman–Crippen MR) is 136 cm³/mol. The Labute approximate surface area is 208 Å². The third kappa shape index (κ3) is 4.59. The molecule has 172 valence electrons. The summed E-state index contributed by atoms with van der Waals surface area (Å²) in [5.74, 6) is -0.735. The molecule has 1 aliphatic heterocycles. The summed E-state index contributed by atoms with van der Waals surface area (Å²) in [5.41, 5.74) is 3.66. The van der Waals surface area contributed by atoms with Gasteiger partial charge in [0, 0.05) is 33.0 Å². The SMILES string of the molecule is O=C1CN(C(=O)c2ccc(C(=O)c3ccccc3)cc2)C(c2ccccc2)c2cc(Cl)ccc2N1. The number of amides is 2. The van der Waals surface area contributed by atoms with E-state index in [9.17, 15) is 14.4 Å². The number of nitrogens with zero attached hydrogens (tertiary/aromatic N) is 1. The molecule has 5 nitrogen and oxygen atoms in total. The molecular weight excluding hydrogens is 460 g/mol. The number of benzene rings is 4. The van der Waals surface area contributed by atoms with Crippen molar-refractivity contribution in [2.45, 2.75) is 6.04 Å². The van der Waals surface area contributed by atoms with Crippen LogP contribution in [0.15, 0.2) is 103 Å². The molecule has 0 saturated heterocycles. The molecule has 1 aliphatic rings. The molecule has 1 heterocycles. The highest BCUT2D eigenvalue weighted by Gasteiger charge is 2.34. The molecule has 4 aromatic rings. The number of hydrogen-bond acceptors (Lipinski definition) is 3. The lowest BCUT2D eigenvalue weighted by atomic mass is 9.95. The Morgan fingerprint density at radius 1 is 0.771 bits per heavy atom. The normalized spacial score (nSPS) is 15.1. The summed E-state index contributed by atoms with van der Waals surface area (Å²) in [4.78, 5) is 40.8. The molecule has 4 aromatic carbocycles. The summed E-state index contributed by atoms with van der Waals surface area (Å²) in [6.07, 6.45) is 0. The molecule has 0 spiro atoms. The van der Waals surface area contributed by atoms with E-state index in [0.717, 1.165) is 11.1 Å². The standard InChI is InChI=1S/C29H21ClN2O3/c30-23-15-16-25-24(17-23)27(19-7-3-1-4-8-19)32(18-26(33)31-25)29(35)22-13-11-21(12-14-22)28(34)20-9-5-2-6-10-20/h1-17,27H,18H2,(H,31,33). The second-order valence-electron chi connectivity index (χ2n) is 8.30. The van der Waals surface area contributed by atoms with Crippen LogP contribution >= 0.6 is 11.6 Å². The van der Waals surface area contributed by atoms with Crippen LogP contribution < -0.4 is 5.32 Å². The van der Waals surface area contributed by atoms with Gasteiger partial charge >= 0.3 is 0 Å². The fourth-order valence-corrected chi connectivity index (χ4v) is 4.53. The average molecular weight is 481 g/mol. The van der Waals surface area contributed by atoms with Crippen LogP contribution in [0.4, 0.5) is 5.69 Å². The van der Waals surface area contributed by atoms with Crippen LogP contribution in [0.1, 0.15) is 43.4 Å². The van der Waals surface area contributed by atoms with Gasteiger partial charge in [0.05, 0.1) is 6.04 Å². The molecule has 35 heavy (non-hydrogen) atoms. The molecular formula is C29H21ClN2O3. The van der Waals surface area contributed by atoms with E-state index in [0.29, 0.717) is 27.4 Å². The minimum atomic E-state index is -0.526.